The monoisotopic (exact) mass is 805 g/mol. The minimum absolute atomic E-state index is 0.0134. The van der Waals surface area contributed by atoms with Crippen LogP contribution < -0.4 is 5.73 Å². The van der Waals surface area contributed by atoms with Crippen molar-refractivity contribution in [3.63, 3.8) is 0 Å². The van der Waals surface area contributed by atoms with Crippen molar-refractivity contribution in [1.82, 2.24) is 14.6 Å². The molecule has 3 unspecified atom stereocenters. The Bertz CT molecular complexity index is 1510. The summed E-state index contributed by atoms with van der Waals surface area (Å²) in [7, 11) is -1.32. The molecule has 0 aliphatic carbocycles. The van der Waals surface area contributed by atoms with Crippen molar-refractivity contribution in [2.24, 2.45) is 0 Å². The summed E-state index contributed by atoms with van der Waals surface area (Å²) in [6.45, 7) is 8.88. The van der Waals surface area contributed by atoms with Gasteiger partial charge in [-0.2, -0.15) is 10.4 Å². The molecule has 4 rings (SSSR count). The third-order valence-electron chi connectivity index (χ3n) is 9.50. The van der Waals surface area contributed by atoms with Crippen molar-refractivity contribution in [3.05, 3.63) is 59.3 Å². The molecule has 1 aliphatic heterocycles. The highest BCUT2D eigenvalue weighted by molar-refractivity contribution is 7.40. The van der Waals surface area contributed by atoms with E-state index in [1.807, 2.05) is 32.0 Å². The SMILES string of the molecule is CC.CCCCCCCCCCCCCCCCCOCC(COP(O)O[C@]1(C)CCC(c2ccc3c(N)ncnn23)O1)OCc1cc(F)cc(C#N)c1.CO. The summed E-state index contributed by atoms with van der Waals surface area (Å²) in [4.78, 5) is 14.8. The van der Waals surface area contributed by atoms with Crippen LogP contribution in [0.3, 0.4) is 0 Å². The maximum atomic E-state index is 14.0. The van der Waals surface area contributed by atoms with Crippen LogP contribution in [-0.2, 0) is 29.9 Å². The molecule has 0 saturated carbocycles. The number of fused-ring (bicyclic) bond motifs is 1. The van der Waals surface area contributed by atoms with Gasteiger partial charge < -0.3 is 34.5 Å². The highest BCUT2D eigenvalue weighted by Gasteiger charge is 2.41. The van der Waals surface area contributed by atoms with Gasteiger partial charge in [-0.05, 0) is 55.7 Å². The van der Waals surface area contributed by atoms with E-state index in [1.165, 1.54) is 102 Å². The van der Waals surface area contributed by atoms with E-state index in [2.05, 4.69) is 17.0 Å². The Balaban J connectivity index is 0.00000262. The number of nitrogens with two attached hydrogens (primary N) is 1. The first-order chi connectivity index (χ1) is 27.3. The van der Waals surface area contributed by atoms with E-state index in [1.54, 1.807) is 17.5 Å². The number of hydrogen-bond acceptors (Lipinski definition) is 11. The van der Waals surface area contributed by atoms with Crippen LogP contribution in [-0.4, -0.2) is 63.4 Å². The Morgan fingerprint density at radius 1 is 0.982 bits per heavy atom. The molecule has 3 heterocycles. The topological polar surface area (TPSA) is 167 Å². The molecule has 1 aromatic carbocycles. The van der Waals surface area contributed by atoms with Gasteiger partial charge in [0.15, 0.2) is 11.6 Å². The largest absolute Gasteiger partial charge is 0.400 e. The molecule has 0 bridgehead atoms. The van der Waals surface area contributed by atoms with Gasteiger partial charge in [0.2, 0.25) is 0 Å². The van der Waals surface area contributed by atoms with Crippen molar-refractivity contribution in [2.45, 2.75) is 161 Å². The molecule has 1 fully saturated rings. The van der Waals surface area contributed by atoms with E-state index in [4.69, 9.17) is 34.1 Å². The summed E-state index contributed by atoms with van der Waals surface area (Å²) in [6.07, 6.45) is 21.2. The Labute approximate surface area is 336 Å². The standard InChI is InChI=1S/C39H59FN5O6P.C2H6.CH4O/c1-3-4-5-6-7-8-9-10-11-12-13-14-15-16-17-22-47-28-34(48-27-32-23-31(26-41)24-33(40)25-32)29-49-52(46)51-39(2)21-20-37(50-39)35-18-19-36-38(42)43-30-44-45(35)36;2*1-2/h18-19,23-25,30,34,37,46H,3-17,20-22,27-29H2,1-2H3,(H2,42,43,44);1-2H3;2H,1H3/t34?,37?,39-,52?;;/m1../s1. The lowest BCUT2D eigenvalue weighted by Gasteiger charge is -2.27. The highest BCUT2D eigenvalue weighted by atomic mass is 31.2. The molecular weight excluding hydrogens is 736 g/mol. The van der Waals surface area contributed by atoms with Crippen molar-refractivity contribution in [1.29, 1.82) is 5.26 Å². The molecule has 14 heteroatoms. The number of benzene rings is 1. The quantitative estimate of drug-likeness (QED) is 0.0496. The van der Waals surface area contributed by atoms with E-state index in [0.717, 1.165) is 25.6 Å². The molecule has 1 saturated heterocycles. The van der Waals surface area contributed by atoms with Crippen molar-refractivity contribution in [2.75, 3.05) is 32.7 Å². The summed E-state index contributed by atoms with van der Waals surface area (Å²) in [6, 6.07) is 9.81. The van der Waals surface area contributed by atoms with Crippen molar-refractivity contribution >= 4 is 19.9 Å². The van der Waals surface area contributed by atoms with Crippen LogP contribution in [0.1, 0.15) is 160 Å². The predicted molar refractivity (Wildman–Crippen MR) is 220 cm³/mol. The fourth-order valence-corrected chi connectivity index (χ4v) is 7.40. The average Bonchev–Trinajstić information content (AvgIpc) is 3.82. The van der Waals surface area contributed by atoms with Gasteiger partial charge >= 0.3 is 8.60 Å². The zero-order valence-electron chi connectivity index (χ0n) is 34.6. The third kappa shape index (κ3) is 18.6. The van der Waals surface area contributed by atoms with Crippen molar-refractivity contribution in [3.8, 4) is 6.07 Å². The molecular formula is C42H69FN5O7P. The Hall–Kier alpha value is -2.79. The zero-order valence-corrected chi connectivity index (χ0v) is 35.5. The first-order valence-electron chi connectivity index (χ1n) is 20.7. The Morgan fingerprint density at radius 3 is 2.23 bits per heavy atom. The van der Waals surface area contributed by atoms with Gasteiger partial charge in [-0.3, -0.25) is 4.52 Å². The summed E-state index contributed by atoms with van der Waals surface area (Å²) in [5.74, 6) is -1.21. The van der Waals surface area contributed by atoms with Crippen LogP contribution in [0.25, 0.3) is 5.52 Å². The van der Waals surface area contributed by atoms with Gasteiger partial charge in [-0.15, -0.1) is 0 Å². The van der Waals surface area contributed by atoms with E-state index < -0.39 is 26.3 Å². The van der Waals surface area contributed by atoms with E-state index in [-0.39, 0.29) is 31.5 Å². The average molecular weight is 806 g/mol. The molecule has 0 radical (unpaired) electrons. The number of rotatable bonds is 27. The third-order valence-corrected chi connectivity index (χ3v) is 10.4. The molecule has 0 spiro atoms. The maximum Gasteiger partial charge on any atom is 0.332 e. The summed E-state index contributed by atoms with van der Waals surface area (Å²) >= 11 is 0. The Morgan fingerprint density at radius 2 is 1.61 bits per heavy atom. The molecule has 4 N–H and O–H groups in total. The Kier molecular flexibility index (Phi) is 25.9. The number of nitrogens with zero attached hydrogens (tertiary/aromatic N) is 4. The number of hydrogen-bond donors (Lipinski definition) is 3. The normalized spacial score (nSPS) is 17.4. The second-order valence-corrected chi connectivity index (χ2v) is 14.9. The van der Waals surface area contributed by atoms with Crippen LogP contribution in [0.2, 0.25) is 0 Å². The van der Waals surface area contributed by atoms with Crippen LogP contribution in [0.5, 0.6) is 0 Å². The summed E-state index contributed by atoms with van der Waals surface area (Å²) in [5, 5.41) is 20.5. The zero-order chi connectivity index (χ0) is 41.0. The van der Waals surface area contributed by atoms with Gasteiger partial charge in [0.1, 0.15) is 29.9 Å². The number of nitrogen functional groups attached to an aromatic ring is 1. The fourth-order valence-electron chi connectivity index (χ4n) is 6.59. The lowest BCUT2D eigenvalue weighted by Crippen LogP contribution is -2.28. The molecule has 1 aliphatic rings. The number of aromatic nitrogens is 3. The van der Waals surface area contributed by atoms with Gasteiger partial charge in [-0.25, -0.2) is 13.9 Å². The number of anilines is 1. The number of nitriles is 1. The minimum Gasteiger partial charge on any atom is -0.400 e. The maximum absolute atomic E-state index is 14.0. The lowest BCUT2D eigenvalue weighted by atomic mass is 10.0. The molecule has 2 aromatic heterocycles. The smallest absolute Gasteiger partial charge is 0.332 e. The predicted octanol–water partition coefficient (Wildman–Crippen LogP) is 10.3. The summed E-state index contributed by atoms with van der Waals surface area (Å²) in [5.41, 5.74) is 8.23. The van der Waals surface area contributed by atoms with Crippen LogP contribution in [0.4, 0.5) is 10.2 Å². The van der Waals surface area contributed by atoms with E-state index in [0.29, 0.717) is 36.3 Å². The number of aliphatic hydroxyl groups excluding tert-OH is 1. The van der Waals surface area contributed by atoms with Crippen LogP contribution >= 0.6 is 8.60 Å². The number of halogens is 1. The van der Waals surface area contributed by atoms with Crippen molar-refractivity contribution < 1.29 is 37.6 Å². The van der Waals surface area contributed by atoms with Gasteiger partial charge in [0, 0.05) is 20.1 Å². The van der Waals surface area contributed by atoms with E-state index >= 15 is 0 Å². The molecule has 3 aromatic rings. The molecule has 56 heavy (non-hydrogen) atoms. The molecule has 12 nitrogen and oxygen atoms in total. The minimum atomic E-state index is -2.32. The first kappa shape index (κ1) is 49.4. The van der Waals surface area contributed by atoms with Gasteiger partial charge in [-0.1, -0.05) is 111 Å². The number of aliphatic hydroxyl groups is 1. The molecule has 4 atom stereocenters. The molecule has 0 amide bonds. The number of ether oxygens (including phenoxy) is 3. The van der Waals surface area contributed by atoms with E-state index in [9.17, 15) is 14.5 Å². The van der Waals surface area contributed by atoms with Gasteiger partial charge in [0.25, 0.3) is 0 Å². The highest BCUT2D eigenvalue weighted by Crippen LogP contribution is 2.48. The fraction of sp³-hybridized carbons (Fsp3) is 0.690. The first-order valence-corrected chi connectivity index (χ1v) is 21.8. The van der Waals surface area contributed by atoms with Gasteiger partial charge in [0.05, 0.1) is 37.1 Å². The lowest BCUT2D eigenvalue weighted by molar-refractivity contribution is -0.167. The molecule has 316 valence electrons. The second-order valence-electron chi connectivity index (χ2n) is 14.0. The van der Waals surface area contributed by atoms with Crippen LogP contribution in [0.15, 0.2) is 36.7 Å². The van der Waals surface area contributed by atoms with Crippen LogP contribution in [0, 0.1) is 17.1 Å². The second kappa shape index (κ2) is 29.4. The number of unbranched alkanes of at least 4 members (excludes halogenated alkanes) is 14. The summed E-state index contributed by atoms with van der Waals surface area (Å²) < 4.78 is 45.6.